The lowest BCUT2D eigenvalue weighted by Crippen LogP contribution is -2.49. The third-order valence-corrected chi connectivity index (χ3v) is 4.09. The second-order valence-electron chi connectivity index (χ2n) is 5.49. The summed E-state index contributed by atoms with van der Waals surface area (Å²) in [6.07, 6.45) is 2.60. The summed E-state index contributed by atoms with van der Waals surface area (Å²) in [5, 5.41) is 0. The zero-order valence-electron chi connectivity index (χ0n) is 11.7. The number of anilines is 1. The van der Waals surface area contributed by atoms with Crippen LogP contribution in [0.4, 0.5) is 5.82 Å². The zero-order chi connectivity index (χ0) is 14.1. The molecule has 108 valence electrons. The highest BCUT2D eigenvalue weighted by atomic mass is 16.5. The van der Waals surface area contributed by atoms with Crippen LogP contribution in [-0.4, -0.2) is 40.5 Å². The molecule has 20 heavy (non-hydrogen) atoms. The van der Waals surface area contributed by atoms with E-state index in [0.717, 1.165) is 31.5 Å². The fourth-order valence-corrected chi connectivity index (χ4v) is 2.92. The third kappa shape index (κ3) is 2.47. The summed E-state index contributed by atoms with van der Waals surface area (Å²) >= 11 is 0. The predicted octanol–water partition coefficient (Wildman–Crippen LogP) is 1.07. The molecule has 3 rings (SSSR count). The van der Waals surface area contributed by atoms with Crippen LogP contribution in [0.25, 0.3) is 0 Å². The molecular weight excluding hydrogens is 256 g/mol. The van der Waals surface area contributed by atoms with E-state index in [4.69, 9.17) is 10.5 Å². The highest BCUT2D eigenvalue weighted by molar-refractivity contribution is 5.80. The van der Waals surface area contributed by atoms with Crippen LogP contribution in [0.3, 0.4) is 0 Å². The number of carbonyl (C=O) groups is 1. The molecule has 0 aromatic carbocycles. The summed E-state index contributed by atoms with van der Waals surface area (Å²) in [4.78, 5) is 23.0. The van der Waals surface area contributed by atoms with Gasteiger partial charge >= 0.3 is 0 Å². The minimum Gasteiger partial charge on any atom is -0.384 e. The van der Waals surface area contributed by atoms with Crippen LogP contribution in [0.1, 0.15) is 36.8 Å². The normalized spacial score (nSPS) is 23.4. The van der Waals surface area contributed by atoms with Crippen molar-refractivity contribution in [1.29, 1.82) is 0 Å². The van der Waals surface area contributed by atoms with Gasteiger partial charge in [-0.05, 0) is 26.2 Å². The van der Waals surface area contributed by atoms with Gasteiger partial charge < -0.3 is 15.4 Å². The van der Waals surface area contributed by atoms with Gasteiger partial charge in [0.15, 0.2) is 0 Å². The fourth-order valence-electron chi connectivity index (χ4n) is 2.92. The van der Waals surface area contributed by atoms with Gasteiger partial charge in [0.2, 0.25) is 5.91 Å². The van der Waals surface area contributed by atoms with E-state index in [1.807, 2.05) is 11.8 Å². The number of amides is 1. The molecule has 0 bridgehead atoms. The monoisotopic (exact) mass is 276 g/mol. The van der Waals surface area contributed by atoms with E-state index in [9.17, 15) is 4.79 Å². The average Bonchev–Trinajstić information content (AvgIpc) is 2.37. The van der Waals surface area contributed by atoms with Crippen LogP contribution in [-0.2, 0) is 9.53 Å². The van der Waals surface area contributed by atoms with Crippen LogP contribution in [0.15, 0.2) is 6.07 Å². The second-order valence-corrected chi connectivity index (χ2v) is 5.49. The van der Waals surface area contributed by atoms with E-state index in [2.05, 4.69) is 9.97 Å². The Bertz CT molecular complexity index is 494. The quantitative estimate of drug-likeness (QED) is 0.873. The molecule has 6 heteroatoms. The molecule has 1 atom stereocenters. The van der Waals surface area contributed by atoms with Crippen molar-refractivity contribution in [3.05, 3.63) is 17.6 Å². The number of likely N-dealkylation sites (tertiary alicyclic amines) is 1. The number of aromatic nitrogens is 2. The highest BCUT2D eigenvalue weighted by Crippen LogP contribution is 2.35. The van der Waals surface area contributed by atoms with Crippen LogP contribution in [0.2, 0.25) is 0 Å². The van der Waals surface area contributed by atoms with E-state index in [0.29, 0.717) is 24.9 Å². The zero-order valence-corrected chi connectivity index (χ0v) is 11.7. The summed E-state index contributed by atoms with van der Waals surface area (Å²) in [5.41, 5.74) is 6.63. The number of nitrogens with zero attached hydrogens (tertiary/aromatic N) is 3. The molecule has 0 aliphatic carbocycles. The van der Waals surface area contributed by atoms with Gasteiger partial charge in [0.25, 0.3) is 0 Å². The van der Waals surface area contributed by atoms with E-state index in [-0.39, 0.29) is 17.9 Å². The SMILES string of the molecule is Cc1nc(N)cc(C2CCN2C(=O)C2CCOCC2)n1. The van der Waals surface area contributed by atoms with Crippen LogP contribution < -0.4 is 5.73 Å². The molecule has 0 saturated carbocycles. The number of hydrogen-bond acceptors (Lipinski definition) is 5. The summed E-state index contributed by atoms with van der Waals surface area (Å²) in [7, 11) is 0. The number of rotatable bonds is 2. The number of nitrogen functional groups attached to an aromatic ring is 1. The van der Waals surface area contributed by atoms with Crippen molar-refractivity contribution in [1.82, 2.24) is 14.9 Å². The second kappa shape index (κ2) is 5.36. The van der Waals surface area contributed by atoms with Crippen LogP contribution in [0, 0.1) is 12.8 Å². The molecule has 2 saturated heterocycles. The van der Waals surface area contributed by atoms with Gasteiger partial charge in [-0.2, -0.15) is 0 Å². The summed E-state index contributed by atoms with van der Waals surface area (Å²) in [6, 6.07) is 1.84. The number of hydrogen-bond donors (Lipinski definition) is 1. The highest BCUT2D eigenvalue weighted by Gasteiger charge is 2.38. The van der Waals surface area contributed by atoms with Gasteiger partial charge in [0.1, 0.15) is 11.6 Å². The van der Waals surface area contributed by atoms with E-state index in [1.54, 1.807) is 6.07 Å². The Morgan fingerprint density at radius 2 is 2.10 bits per heavy atom. The Kier molecular flexibility index (Phi) is 3.56. The molecule has 2 aliphatic heterocycles. The fraction of sp³-hybridized carbons (Fsp3) is 0.643. The molecule has 1 amide bonds. The number of nitrogens with two attached hydrogens (primary N) is 1. The van der Waals surface area contributed by atoms with E-state index < -0.39 is 0 Å². The number of ether oxygens (including phenoxy) is 1. The van der Waals surface area contributed by atoms with Crippen LogP contribution in [0.5, 0.6) is 0 Å². The first-order valence-corrected chi connectivity index (χ1v) is 7.14. The van der Waals surface area contributed by atoms with Gasteiger partial charge in [0.05, 0.1) is 11.7 Å². The Morgan fingerprint density at radius 3 is 2.70 bits per heavy atom. The van der Waals surface area contributed by atoms with Gasteiger partial charge in [0, 0.05) is 31.7 Å². The molecule has 1 aromatic rings. The number of aryl methyl sites for hydroxylation is 1. The lowest BCUT2D eigenvalue weighted by atomic mass is 9.92. The molecule has 1 aromatic heterocycles. The Morgan fingerprint density at radius 1 is 1.35 bits per heavy atom. The van der Waals surface area contributed by atoms with Gasteiger partial charge in [-0.25, -0.2) is 9.97 Å². The minimum absolute atomic E-state index is 0.0642. The van der Waals surface area contributed by atoms with Crippen molar-refractivity contribution in [3.63, 3.8) is 0 Å². The maximum Gasteiger partial charge on any atom is 0.226 e. The van der Waals surface area contributed by atoms with Crippen molar-refractivity contribution in [3.8, 4) is 0 Å². The molecule has 0 radical (unpaired) electrons. The summed E-state index contributed by atoms with van der Waals surface area (Å²) in [5.74, 6) is 1.47. The van der Waals surface area contributed by atoms with Crippen molar-refractivity contribution in [2.45, 2.75) is 32.2 Å². The minimum atomic E-state index is 0.0642. The lowest BCUT2D eigenvalue weighted by molar-refractivity contribution is -0.146. The average molecular weight is 276 g/mol. The molecular formula is C14H20N4O2. The topological polar surface area (TPSA) is 81.3 Å². The third-order valence-electron chi connectivity index (χ3n) is 4.09. The molecule has 2 aliphatic rings. The molecule has 2 fully saturated rings. The van der Waals surface area contributed by atoms with Gasteiger partial charge in [-0.1, -0.05) is 0 Å². The first-order chi connectivity index (χ1) is 9.65. The predicted molar refractivity (Wildman–Crippen MR) is 73.8 cm³/mol. The van der Waals surface area contributed by atoms with Gasteiger partial charge in [-0.3, -0.25) is 4.79 Å². The Hall–Kier alpha value is -1.69. The molecule has 2 N–H and O–H groups in total. The van der Waals surface area contributed by atoms with E-state index in [1.165, 1.54) is 0 Å². The number of carbonyl (C=O) groups excluding carboxylic acids is 1. The maximum absolute atomic E-state index is 12.5. The standard InChI is InChI=1S/C14H20N4O2/c1-9-16-11(8-13(15)17-9)12-2-5-18(12)14(19)10-3-6-20-7-4-10/h8,10,12H,2-7H2,1H3,(H2,15,16,17). The Balaban J connectivity index is 1.73. The molecule has 1 unspecified atom stereocenters. The largest absolute Gasteiger partial charge is 0.384 e. The summed E-state index contributed by atoms with van der Waals surface area (Å²) < 4.78 is 5.32. The summed E-state index contributed by atoms with van der Waals surface area (Å²) in [6.45, 7) is 4.01. The molecule has 6 nitrogen and oxygen atoms in total. The smallest absolute Gasteiger partial charge is 0.226 e. The van der Waals surface area contributed by atoms with Crippen molar-refractivity contribution >= 4 is 11.7 Å². The first-order valence-electron chi connectivity index (χ1n) is 7.14. The van der Waals surface area contributed by atoms with Crippen molar-refractivity contribution in [2.24, 2.45) is 5.92 Å². The first kappa shape index (κ1) is 13.3. The maximum atomic E-state index is 12.5. The van der Waals surface area contributed by atoms with Crippen LogP contribution >= 0.6 is 0 Å². The lowest BCUT2D eigenvalue weighted by Gasteiger charge is -2.43. The van der Waals surface area contributed by atoms with E-state index >= 15 is 0 Å². The van der Waals surface area contributed by atoms with Gasteiger partial charge in [-0.15, -0.1) is 0 Å². The Labute approximate surface area is 118 Å². The van der Waals surface area contributed by atoms with Crippen molar-refractivity contribution in [2.75, 3.05) is 25.5 Å². The van der Waals surface area contributed by atoms with Crippen molar-refractivity contribution < 1.29 is 9.53 Å². The molecule has 0 spiro atoms. The molecule has 3 heterocycles.